The number of primary amides is 1. The maximum absolute atomic E-state index is 12.7. The zero-order chi connectivity index (χ0) is 19.4. The number of piperidine rings is 1. The normalized spacial score (nSPS) is 21.5. The number of urea groups is 1. The van der Waals surface area contributed by atoms with Gasteiger partial charge in [-0.2, -0.15) is 0 Å². The van der Waals surface area contributed by atoms with Crippen LogP contribution < -0.4 is 16.4 Å². The van der Waals surface area contributed by atoms with Crippen molar-refractivity contribution in [3.63, 3.8) is 0 Å². The lowest BCUT2D eigenvalue weighted by atomic mass is 9.95. The number of hydrogen-bond donors (Lipinski definition) is 3. The number of nitrogens with two attached hydrogens (primary N) is 1. The van der Waals surface area contributed by atoms with E-state index in [2.05, 4.69) is 15.5 Å². The van der Waals surface area contributed by atoms with Crippen LogP contribution in [0.2, 0.25) is 0 Å². The molecule has 2 aliphatic heterocycles. The molecule has 0 unspecified atom stereocenters. The van der Waals surface area contributed by atoms with Crippen LogP contribution in [-0.4, -0.2) is 49.0 Å². The van der Waals surface area contributed by atoms with Crippen molar-refractivity contribution in [1.29, 1.82) is 0 Å². The van der Waals surface area contributed by atoms with Crippen LogP contribution in [0.15, 0.2) is 28.8 Å². The maximum Gasteiger partial charge on any atom is 0.338 e. The molecule has 3 rings (SSSR count). The number of thiophene rings is 1. The summed E-state index contributed by atoms with van der Waals surface area (Å²) < 4.78 is 5.25. The first kappa shape index (κ1) is 19.4. The number of likely N-dealkylation sites (tertiary alicyclic amines) is 1. The topological polar surface area (TPSA) is 114 Å². The molecule has 0 radical (unpaired) electrons. The second-order valence-electron chi connectivity index (χ2n) is 6.61. The Hall–Kier alpha value is -2.39. The molecule has 0 aromatic carbocycles. The summed E-state index contributed by atoms with van der Waals surface area (Å²) in [6.07, 6.45) is 1.36. The minimum absolute atomic E-state index is 0.110. The van der Waals surface area contributed by atoms with E-state index in [-0.39, 0.29) is 24.5 Å². The molecule has 0 spiro atoms. The highest BCUT2D eigenvalue weighted by Crippen LogP contribution is 2.31. The summed E-state index contributed by atoms with van der Waals surface area (Å²) >= 11 is 1.47. The predicted octanol–water partition coefficient (Wildman–Crippen LogP) is 1.12. The molecule has 1 aromatic rings. The molecule has 0 aliphatic carbocycles. The molecule has 3 heterocycles. The minimum atomic E-state index is -0.532. The Labute approximate surface area is 161 Å². The summed E-state index contributed by atoms with van der Waals surface area (Å²) in [7, 11) is 0. The molecular weight excluding hydrogens is 368 g/mol. The largest absolute Gasteiger partial charge is 0.463 e. The number of nitrogens with zero attached hydrogens (tertiary/aromatic N) is 1. The Balaban J connectivity index is 1.85. The van der Waals surface area contributed by atoms with E-state index in [9.17, 15) is 14.4 Å². The van der Waals surface area contributed by atoms with Gasteiger partial charge in [0.25, 0.3) is 0 Å². The van der Waals surface area contributed by atoms with Crippen molar-refractivity contribution in [2.45, 2.75) is 25.8 Å². The summed E-state index contributed by atoms with van der Waals surface area (Å²) in [6, 6.07) is 2.89. The number of carbonyl (C=O) groups is 3. The molecule has 9 heteroatoms. The van der Waals surface area contributed by atoms with E-state index in [0.717, 1.165) is 4.88 Å². The molecule has 1 atom stereocenters. The number of rotatable bonds is 6. The maximum atomic E-state index is 12.7. The fourth-order valence-corrected chi connectivity index (χ4v) is 4.24. The Morgan fingerprint density at radius 2 is 2.11 bits per heavy atom. The lowest BCUT2D eigenvalue weighted by Gasteiger charge is -2.34. The standard InChI is InChI=1S/C18H24N4O4S/c1-2-26-17(24)14-12(10-22-7-5-11(6-8-22)16(19)23)20-18(25)21-15(14)13-4-3-9-27-13/h3-4,9,11,15H,2,5-8,10H2,1H3,(H2,19,23)(H2,20,21,25)/t15-/m1/s1. The van der Waals surface area contributed by atoms with Crippen LogP contribution in [-0.2, 0) is 14.3 Å². The highest BCUT2D eigenvalue weighted by Gasteiger charge is 2.35. The first-order valence-corrected chi connectivity index (χ1v) is 9.90. The zero-order valence-electron chi connectivity index (χ0n) is 15.2. The minimum Gasteiger partial charge on any atom is -0.463 e. The van der Waals surface area contributed by atoms with E-state index >= 15 is 0 Å². The molecule has 3 amide bonds. The molecule has 1 saturated heterocycles. The van der Waals surface area contributed by atoms with Gasteiger partial charge < -0.3 is 21.1 Å². The molecule has 0 bridgehead atoms. The van der Waals surface area contributed by atoms with Gasteiger partial charge in [-0.25, -0.2) is 9.59 Å². The Bertz CT molecular complexity index is 739. The number of amides is 3. The monoisotopic (exact) mass is 392 g/mol. The number of nitrogens with one attached hydrogen (secondary N) is 2. The summed E-state index contributed by atoms with van der Waals surface area (Å²) in [5.74, 6) is -0.819. The predicted molar refractivity (Wildman–Crippen MR) is 101 cm³/mol. The zero-order valence-corrected chi connectivity index (χ0v) is 16.0. The van der Waals surface area contributed by atoms with Gasteiger partial charge in [-0.3, -0.25) is 9.69 Å². The quantitative estimate of drug-likeness (QED) is 0.628. The SMILES string of the molecule is CCOC(=O)C1=C(CN2CCC(C(N)=O)CC2)NC(=O)N[C@@H]1c1cccs1. The van der Waals surface area contributed by atoms with Crippen LogP contribution in [0.1, 0.15) is 30.7 Å². The molecule has 1 aromatic heterocycles. The molecule has 146 valence electrons. The van der Waals surface area contributed by atoms with Crippen molar-refractivity contribution in [3.05, 3.63) is 33.7 Å². The first-order valence-electron chi connectivity index (χ1n) is 9.02. The van der Waals surface area contributed by atoms with Gasteiger partial charge in [0.15, 0.2) is 0 Å². The third-order valence-corrected chi connectivity index (χ3v) is 5.79. The van der Waals surface area contributed by atoms with Crippen molar-refractivity contribution in [2.75, 3.05) is 26.2 Å². The highest BCUT2D eigenvalue weighted by atomic mass is 32.1. The van der Waals surface area contributed by atoms with Crippen molar-refractivity contribution >= 4 is 29.2 Å². The fraction of sp³-hybridized carbons (Fsp3) is 0.500. The van der Waals surface area contributed by atoms with E-state index in [1.54, 1.807) is 6.92 Å². The van der Waals surface area contributed by atoms with Crippen LogP contribution >= 0.6 is 11.3 Å². The van der Waals surface area contributed by atoms with Gasteiger partial charge in [0.05, 0.1) is 18.2 Å². The van der Waals surface area contributed by atoms with E-state index in [4.69, 9.17) is 10.5 Å². The van der Waals surface area contributed by atoms with Gasteiger partial charge in [-0.1, -0.05) is 6.07 Å². The second kappa shape index (κ2) is 8.53. The van der Waals surface area contributed by atoms with Crippen molar-refractivity contribution in [2.24, 2.45) is 11.7 Å². The molecule has 0 saturated carbocycles. The lowest BCUT2D eigenvalue weighted by Crippen LogP contribution is -2.49. The van der Waals surface area contributed by atoms with E-state index < -0.39 is 12.0 Å². The van der Waals surface area contributed by atoms with Crippen LogP contribution in [0.4, 0.5) is 4.79 Å². The summed E-state index contributed by atoms with van der Waals surface area (Å²) in [5, 5.41) is 7.50. The Kier molecular flexibility index (Phi) is 6.12. The number of ether oxygens (including phenoxy) is 1. The average Bonchev–Trinajstić information content (AvgIpc) is 3.16. The average molecular weight is 392 g/mol. The van der Waals surface area contributed by atoms with Gasteiger partial charge in [-0.05, 0) is 44.3 Å². The fourth-order valence-electron chi connectivity index (χ4n) is 3.46. The molecule has 4 N–H and O–H groups in total. The number of carbonyl (C=O) groups excluding carboxylic acids is 3. The van der Waals surface area contributed by atoms with Crippen LogP contribution in [0.5, 0.6) is 0 Å². The smallest absolute Gasteiger partial charge is 0.338 e. The molecule has 27 heavy (non-hydrogen) atoms. The van der Waals surface area contributed by atoms with Gasteiger partial charge in [-0.15, -0.1) is 11.3 Å². The molecule has 8 nitrogen and oxygen atoms in total. The highest BCUT2D eigenvalue weighted by molar-refractivity contribution is 7.10. The van der Waals surface area contributed by atoms with Crippen molar-refractivity contribution < 1.29 is 19.1 Å². The van der Waals surface area contributed by atoms with Crippen LogP contribution in [0.25, 0.3) is 0 Å². The van der Waals surface area contributed by atoms with Gasteiger partial charge in [0.2, 0.25) is 5.91 Å². The van der Waals surface area contributed by atoms with Crippen LogP contribution in [0.3, 0.4) is 0 Å². The third-order valence-electron chi connectivity index (χ3n) is 4.85. The number of esters is 1. The van der Waals surface area contributed by atoms with E-state index in [0.29, 0.717) is 43.7 Å². The van der Waals surface area contributed by atoms with Gasteiger partial charge >= 0.3 is 12.0 Å². The third kappa shape index (κ3) is 4.48. The first-order chi connectivity index (χ1) is 13.0. The Morgan fingerprint density at radius 1 is 1.37 bits per heavy atom. The van der Waals surface area contributed by atoms with Gasteiger partial charge in [0, 0.05) is 23.0 Å². The van der Waals surface area contributed by atoms with Crippen LogP contribution in [0, 0.1) is 5.92 Å². The second-order valence-corrected chi connectivity index (χ2v) is 7.59. The van der Waals surface area contributed by atoms with Crippen molar-refractivity contribution in [1.82, 2.24) is 15.5 Å². The number of hydrogen-bond acceptors (Lipinski definition) is 6. The lowest BCUT2D eigenvalue weighted by molar-refractivity contribution is -0.139. The Morgan fingerprint density at radius 3 is 2.70 bits per heavy atom. The summed E-state index contributed by atoms with van der Waals surface area (Å²) in [4.78, 5) is 39.2. The van der Waals surface area contributed by atoms with E-state index in [1.807, 2.05) is 17.5 Å². The molecular formula is C18H24N4O4S. The summed E-state index contributed by atoms with van der Waals surface area (Å²) in [5.41, 5.74) is 6.37. The summed E-state index contributed by atoms with van der Waals surface area (Å²) in [6.45, 7) is 3.78. The van der Waals surface area contributed by atoms with E-state index in [1.165, 1.54) is 11.3 Å². The van der Waals surface area contributed by atoms with Gasteiger partial charge in [0.1, 0.15) is 0 Å². The molecule has 1 fully saturated rings. The van der Waals surface area contributed by atoms with Crippen molar-refractivity contribution in [3.8, 4) is 0 Å². The molecule has 2 aliphatic rings.